The Hall–Kier alpha value is -1.83. The summed E-state index contributed by atoms with van der Waals surface area (Å²) in [5.41, 5.74) is 0.231. The maximum atomic E-state index is 12.1. The molecule has 8 heteroatoms. The number of hydrogen-bond acceptors (Lipinski definition) is 6. The minimum atomic E-state index is -3.06. The molecule has 2 heterocycles. The summed E-state index contributed by atoms with van der Waals surface area (Å²) in [5.74, 6) is -0.970. The lowest BCUT2D eigenvalue weighted by Gasteiger charge is -2.26. The Kier molecular flexibility index (Phi) is 4.66. The van der Waals surface area contributed by atoms with Gasteiger partial charge < -0.3 is 14.1 Å². The van der Waals surface area contributed by atoms with Crippen LogP contribution in [-0.2, 0) is 19.4 Å². The van der Waals surface area contributed by atoms with Gasteiger partial charge in [-0.25, -0.2) is 13.2 Å². The second-order valence-electron chi connectivity index (χ2n) is 4.82. The van der Waals surface area contributed by atoms with E-state index in [1.807, 2.05) is 0 Å². The molecule has 1 unspecified atom stereocenters. The molecular weight excluding hydrogens is 298 g/mol. The molecule has 1 amide bonds. The number of amides is 1. The molecule has 1 fully saturated rings. The molecule has 0 radical (unpaired) electrons. The number of ether oxygens (including phenoxy) is 1. The van der Waals surface area contributed by atoms with Gasteiger partial charge in [-0.1, -0.05) is 0 Å². The number of sulfone groups is 1. The lowest BCUT2D eigenvalue weighted by atomic mass is 10.2. The molecule has 1 saturated heterocycles. The van der Waals surface area contributed by atoms with E-state index >= 15 is 0 Å². The first-order valence-corrected chi connectivity index (χ1v) is 8.44. The highest BCUT2D eigenvalue weighted by atomic mass is 32.2. The number of rotatable bonds is 5. The van der Waals surface area contributed by atoms with Crippen LogP contribution in [0.5, 0.6) is 0 Å². The van der Waals surface area contributed by atoms with E-state index in [-0.39, 0.29) is 23.1 Å². The molecule has 0 spiro atoms. The number of furan rings is 1. The van der Waals surface area contributed by atoms with Gasteiger partial charge in [0.25, 0.3) is 5.91 Å². The number of hydrogen-bond donors (Lipinski definition) is 0. The standard InChI is InChI=1S/C13H17NO6S/c1-2-14(11-4-6-21(17,18)9-11)12(15)8-20-13(16)10-3-5-19-7-10/h3,5,7,11H,2,4,6,8-9H2,1H3. The Morgan fingerprint density at radius 1 is 1.48 bits per heavy atom. The van der Waals surface area contributed by atoms with Gasteiger partial charge in [-0.15, -0.1) is 0 Å². The summed E-state index contributed by atoms with van der Waals surface area (Å²) in [7, 11) is -3.06. The van der Waals surface area contributed by atoms with Crippen LogP contribution >= 0.6 is 0 Å². The van der Waals surface area contributed by atoms with E-state index in [0.29, 0.717) is 13.0 Å². The van der Waals surface area contributed by atoms with Crippen LogP contribution in [0.2, 0.25) is 0 Å². The minimum Gasteiger partial charge on any atom is -0.472 e. The van der Waals surface area contributed by atoms with Crippen molar-refractivity contribution in [2.45, 2.75) is 19.4 Å². The molecular formula is C13H17NO6S. The maximum absolute atomic E-state index is 12.1. The Morgan fingerprint density at radius 3 is 2.76 bits per heavy atom. The summed E-state index contributed by atoms with van der Waals surface area (Å²) < 4.78 is 32.6. The van der Waals surface area contributed by atoms with Crippen molar-refractivity contribution in [3.63, 3.8) is 0 Å². The predicted octanol–water partition coefficient (Wildman–Crippen LogP) is 0.472. The van der Waals surface area contributed by atoms with Crippen LogP contribution in [0.3, 0.4) is 0 Å². The van der Waals surface area contributed by atoms with Gasteiger partial charge in [-0.05, 0) is 19.4 Å². The SMILES string of the molecule is CCN(C(=O)COC(=O)c1ccoc1)C1CCS(=O)(=O)C1. The molecule has 1 aliphatic heterocycles. The van der Waals surface area contributed by atoms with Crippen molar-refractivity contribution in [3.05, 3.63) is 24.2 Å². The molecule has 21 heavy (non-hydrogen) atoms. The van der Waals surface area contributed by atoms with E-state index < -0.39 is 28.3 Å². The lowest BCUT2D eigenvalue weighted by Crippen LogP contribution is -2.43. The van der Waals surface area contributed by atoms with E-state index in [1.165, 1.54) is 23.5 Å². The zero-order chi connectivity index (χ0) is 15.5. The second kappa shape index (κ2) is 6.30. The maximum Gasteiger partial charge on any atom is 0.341 e. The molecule has 116 valence electrons. The molecule has 0 N–H and O–H groups in total. The highest BCUT2D eigenvalue weighted by Gasteiger charge is 2.34. The third kappa shape index (κ3) is 3.84. The van der Waals surface area contributed by atoms with Crippen molar-refractivity contribution in [1.29, 1.82) is 0 Å². The molecule has 7 nitrogen and oxygen atoms in total. The highest BCUT2D eigenvalue weighted by Crippen LogP contribution is 2.18. The average molecular weight is 315 g/mol. The van der Waals surface area contributed by atoms with Crippen LogP contribution in [0.1, 0.15) is 23.7 Å². The fraction of sp³-hybridized carbons (Fsp3) is 0.538. The molecule has 0 aliphatic carbocycles. The third-order valence-corrected chi connectivity index (χ3v) is 5.14. The van der Waals surface area contributed by atoms with E-state index in [4.69, 9.17) is 9.15 Å². The van der Waals surface area contributed by atoms with Crippen molar-refractivity contribution in [2.24, 2.45) is 0 Å². The van der Waals surface area contributed by atoms with Gasteiger partial charge in [-0.3, -0.25) is 4.79 Å². The Morgan fingerprint density at radius 2 is 2.24 bits per heavy atom. The molecule has 0 bridgehead atoms. The summed E-state index contributed by atoms with van der Waals surface area (Å²) >= 11 is 0. The van der Waals surface area contributed by atoms with Gasteiger partial charge in [-0.2, -0.15) is 0 Å². The van der Waals surface area contributed by atoms with Gasteiger partial charge in [0, 0.05) is 12.6 Å². The number of carbonyl (C=O) groups excluding carboxylic acids is 2. The van der Waals surface area contributed by atoms with Gasteiger partial charge >= 0.3 is 5.97 Å². The van der Waals surface area contributed by atoms with Crippen LogP contribution in [-0.4, -0.2) is 55.9 Å². The van der Waals surface area contributed by atoms with Gasteiger partial charge in [0.15, 0.2) is 16.4 Å². The predicted molar refractivity (Wildman–Crippen MR) is 73.4 cm³/mol. The van der Waals surface area contributed by atoms with Crippen LogP contribution in [0.4, 0.5) is 0 Å². The van der Waals surface area contributed by atoms with E-state index in [9.17, 15) is 18.0 Å². The van der Waals surface area contributed by atoms with Crippen LogP contribution in [0, 0.1) is 0 Å². The summed E-state index contributed by atoms with van der Waals surface area (Å²) in [6.45, 7) is 1.73. The van der Waals surface area contributed by atoms with Crippen molar-refractivity contribution in [1.82, 2.24) is 4.90 Å². The zero-order valence-corrected chi connectivity index (χ0v) is 12.5. The van der Waals surface area contributed by atoms with Crippen molar-refractivity contribution in [2.75, 3.05) is 24.7 Å². The topological polar surface area (TPSA) is 93.9 Å². The molecule has 1 atom stereocenters. The van der Waals surface area contributed by atoms with Crippen LogP contribution in [0.25, 0.3) is 0 Å². The first kappa shape index (κ1) is 15.6. The summed E-state index contributed by atoms with van der Waals surface area (Å²) in [6.07, 6.45) is 2.99. The normalized spacial score (nSPS) is 20.1. The molecule has 1 aromatic rings. The van der Waals surface area contributed by atoms with Crippen molar-refractivity contribution >= 4 is 21.7 Å². The Bertz CT molecular complexity index is 607. The van der Waals surface area contributed by atoms with Crippen LogP contribution < -0.4 is 0 Å². The monoisotopic (exact) mass is 315 g/mol. The Balaban J connectivity index is 1.90. The lowest BCUT2D eigenvalue weighted by molar-refractivity contribution is -0.136. The van der Waals surface area contributed by atoms with Crippen molar-refractivity contribution in [3.8, 4) is 0 Å². The van der Waals surface area contributed by atoms with Crippen LogP contribution in [0.15, 0.2) is 23.0 Å². The first-order valence-electron chi connectivity index (χ1n) is 6.62. The number of nitrogens with zero attached hydrogens (tertiary/aromatic N) is 1. The van der Waals surface area contributed by atoms with Gasteiger partial charge in [0.2, 0.25) is 0 Å². The van der Waals surface area contributed by atoms with E-state index in [2.05, 4.69) is 0 Å². The largest absolute Gasteiger partial charge is 0.472 e. The molecule has 1 aliphatic rings. The molecule has 1 aromatic heterocycles. The fourth-order valence-corrected chi connectivity index (χ4v) is 4.06. The van der Waals surface area contributed by atoms with E-state index in [0.717, 1.165) is 0 Å². The zero-order valence-electron chi connectivity index (χ0n) is 11.6. The summed E-state index contributed by atoms with van der Waals surface area (Å²) in [6, 6.07) is 1.11. The fourth-order valence-electron chi connectivity index (χ4n) is 2.33. The van der Waals surface area contributed by atoms with Gasteiger partial charge in [0.05, 0.1) is 23.3 Å². The Labute approximate surface area is 122 Å². The van der Waals surface area contributed by atoms with E-state index in [1.54, 1.807) is 6.92 Å². The summed E-state index contributed by atoms with van der Waals surface area (Å²) in [5, 5.41) is 0. The second-order valence-corrected chi connectivity index (χ2v) is 7.05. The number of carbonyl (C=O) groups is 2. The highest BCUT2D eigenvalue weighted by molar-refractivity contribution is 7.91. The minimum absolute atomic E-state index is 0.0255. The average Bonchev–Trinajstić information content (AvgIpc) is 3.06. The smallest absolute Gasteiger partial charge is 0.341 e. The molecule has 2 rings (SSSR count). The van der Waals surface area contributed by atoms with Crippen molar-refractivity contribution < 1.29 is 27.2 Å². The molecule has 0 saturated carbocycles. The first-order chi connectivity index (χ1) is 9.93. The summed E-state index contributed by atoms with van der Waals surface area (Å²) in [4.78, 5) is 25.1. The molecule has 0 aromatic carbocycles. The number of esters is 1. The van der Waals surface area contributed by atoms with Gasteiger partial charge in [0.1, 0.15) is 6.26 Å². The number of likely N-dealkylation sites (N-methyl/N-ethyl adjacent to an activating group) is 1. The third-order valence-electron chi connectivity index (χ3n) is 3.39. The quantitative estimate of drug-likeness (QED) is 0.733.